The summed E-state index contributed by atoms with van der Waals surface area (Å²) < 4.78 is 5.35. The van der Waals surface area contributed by atoms with Gasteiger partial charge in [-0.1, -0.05) is 18.2 Å². The van der Waals surface area contributed by atoms with E-state index in [1.165, 1.54) is 0 Å². The SMILES string of the molecule is CC(N)C1CCN(C(=O)OCC2=CCCC=C2)CC1. The number of likely N-dealkylation sites (tertiary alicyclic amines) is 1. The molecule has 2 aliphatic rings. The maximum Gasteiger partial charge on any atom is 0.410 e. The van der Waals surface area contributed by atoms with E-state index in [4.69, 9.17) is 10.5 Å². The van der Waals surface area contributed by atoms with Gasteiger partial charge in [-0.3, -0.25) is 0 Å². The summed E-state index contributed by atoms with van der Waals surface area (Å²) >= 11 is 0. The lowest BCUT2D eigenvalue weighted by Gasteiger charge is -2.33. The molecule has 1 aliphatic carbocycles. The van der Waals surface area contributed by atoms with Gasteiger partial charge in [0.2, 0.25) is 0 Å². The highest BCUT2D eigenvalue weighted by Gasteiger charge is 2.25. The van der Waals surface area contributed by atoms with Crippen LogP contribution in [-0.2, 0) is 4.74 Å². The Morgan fingerprint density at radius 2 is 2.21 bits per heavy atom. The van der Waals surface area contributed by atoms with Crippen LogP contribution in [0.2, 0.25) is 0 Å². The molecule has 1 unspecified atom stereocenters. The summed E-state index contributed by atoms with van der Waals surface area (Å²) in [7, 11) is 0. The molecule has 1 amide bonds. The second-order valence-electron chi connectivity index (χ2n) is 5.50. The zero-order valence-corrected chi connectivity index (χ0v) is 11.7. The van der Waals surface area contributed by atoms with Crippen LogP contribution in [0.1, 0.15) is 32.6 Å². The van der Waals surface area contributed by atoms with E-state index in [1.807, 2.05) is 13.0 Å². The third-order valence-corrected chi connectivity index (χ3v) is 3.98. The molecule has 4 heteroatoms. The van der Waals surface area contributed by atoms with Crippen molar-refractivity contribution in [2.45, 2.75) is 38.6 Å². The third kappa shape index (κ3) is 4.10. The maximum absolute atomic E-state index is 11.9. The first-order chi connectivity index (χ1) is 9.16. The molecule has 0 aromatic rings. The molecule has 1 aliphatic heterocycles. The van der Waals surface area contributed by atoms with Crippen molar-refractivity contribution in [1.29, 1.82) is 0 Å². The Kier molecular flexibility index (Phi) is 5.02. The summed E-state index contributed by atoms with van der Waals surface area (Å²) in [6, 6.07) is 0.218. The summed E-state index contributed by atoms with van der Waals surface area (Å²) in [6.07, 6.45) is 10.2. The minimum Gasteiger partial charge on any atom is -0.445 e. The molecule has 1 saturated heterocycles. The number of nitrogens with two attached hydrogens (primary N) is 1. The summed E-state index contributed by atoms with van der Waals surface area (Å²) in [5.74, 6) is 0.535. The van der Waals surface area contributed by atoms with Crippen LogP contribution in [0.4, 0.5) is 4.79 Å². The number of carbonyl (C=O) groups is 1. The molecule has 19 heavy (non-hydrogen) atoms. The molecule has 1 heterocycles. The number of allylic oxidation sites excluding steroid dienone is 2. The molecular formula is C15H24N2O2. The Hall–Kier alpha value is -1.29. The average molecular weight is 264 g/mol. The van der Waals surface area contributed by atoms with Gasteiger partial charge in [-0.05, 0) is 44.1 Å². The fourth-order valence-electron chi connectivity index (χ4n) is 2.62. The molecule has 0 aromatic heterocycles. The molecule has 2 rings (SSSR count). The van der Waals surface area contributed by atoms with Gasteiger partial charge in [-0.2, -0.15) is 0 Å². The van der Waals surface area contributed by atoms with Gasteiger partial charge in [0.15, 0.2) is 0 Å². The van der Waals surface area contributed by atoms with E-state index in [0.717, 1.165) is 44.3 Å². The van der Waals surface area contributed by atoms with Crippen molar-refractivity contribution < 1.29 is 9.53 Å². The zero-order chi connectivity index (χ0) is 13.7. The zero-order valence-electron chi connectivity index (χ0n) is 11.7. The minimum atomic E-state index is -0.192. The number of hydrogen-bond acceptors (Lipinski definition) is 3. The highest BCUT2D eigenvalue weighted by Crippen LogP contribution is 2.20. The highest BCUT2D eigenvalue weighted by molar-refractivity contribution is 5.68. The Morgan fingerprint density at radius 3 is 2.79 bits per heavy atom. The van der Waals surface area contributed by atoms with Crippen LogP contribution in [0.15, 0.2) is 23.8 Å². The minimum absolute atomic E-state index is 0.192. The molecule has 0 bridgehead atoms. The van der Waals surface area contributed by atoms with Crippen LogP contribution < -0.4 is 5.73 Å². The molecule has 0 radical (unpaired) electrons. The van der Waals surface area contributed by atoms with Crippen LogP contribution in [0.25, 0.3) is 0 Å². The van der Waals surface area contributed by atoms with E-state index in [2.05, 4.69) is 12.2 Å². The van der Waals surface area contributed by atoms with Gasteiger partial charge >= 0.3 is 6.09 Å². The number of hydrogen-bond donors (Lipinski definition) is 1. The van der Waals surface area contributed by atoms with Crippen molar-refractivity contribution in [3.05, 3.63) is 23.8 Å². The van der Waals surface area contributed by atoms with E-state index >= 15 is 0 Å². The molecule has 2 N–H and O–H groups in total. The molecule has 1 atom stereocenters. The number of amides is 1. The summed E-state index contributed by atoms with van der Waals surface area (Å²) in [5.41, 5.74) is 7.00. The molecule has 0 spiro atoms. The van der Waals surface area contributed by atoms with Gasteiger partial charge in [-0.25, -0.2) is 4.79 Å². The van der Waals surface area contributed by atoms with Crippen LogP contribution in [0.3, 0.4) is 0 Å². The van der Waals surface area contributed by atoms with E-state index in [9.17, 15) is 4.79 Å². The third-order valence-electron chi connectivity index (χ3n) is 3.98. The fraction of sp³-hybridized carbons (Fsp3) is 0.667. The highest BCUT2D eigenvalue weighted by atomic mass is 16.6. The number of piperidine rings is 1. The van der Waals surface area contributed by atoms with Crippen molar-refractivity contribution in [3.8, 4) is 0 Å². The summed E-state index contributed by atoms with van der Waals surface area (Å²) in [5, 5.41) is 0. The Labute approximate surface area is 115 Å². The predicted molar refractivity (Wildman–Crippen MR) is 75.8 cm³/mol. The molecular weight excluding hydrogens is 240 g/mol. The molecule has 0 saturated carbocycles. The lowest BCUT2D eigenvalue weighted by molar-refractivity contribution is 0.0925. The van der Waals surface area contributed by atoms with Gasteiger partial charge < -0.3 is 15.4 Å². The lowest BCUT2D eigenvalue weighted by atomic mass is 9.91. The quantitative estimate of drug-likeness (QED) is 0.852. The first kappa shape index (κ1) is 14.1. The standard InChI is InChI=1S/C15H24N2O2/c1-12(16)14-7-9-17(10-8-14)15(18)19-11-13-5-3-2-4-6-13/h3,5-6,12,14H,2,4,7-11,16H2,1H3. The fourth-order valence-corrected chi connectivity index (χ4v) is 2.62. The van der Waals surface area contributed by atoms with Crippen LogP contribution in [-0.4, -0.2) is 36.7 Å². The summed E-state index contributed by atoms with van der Waals surface area (Å²) in [6.45, 7) is 3.96. The Balaban J connectivity index is 1.72. The second-order valence-corrected chi connectivity index (χ2v) is 5.50. The normalized spacial score (nSPS) is 22.0. The topological polar surface area (TPSA) is 55.6 Å². The van der Waals surface area contributed by atoms with E-state index in [-0.39, 0.29) is 12.1 Å². The Bertz CT molecular complexity index is 366. The number of ether oxygens (including phenoxy) is 1. The molecule has 0 aromatic carbocycles. The largest absolute Gasteiger partial charge is 0.445 e. The number of nitrogens with zero attached hydrogens (tertiary/aromatic N) is 1. The van der Waals surface area contributed by atoms with Crippen molar-refractivity contribution in [2.24, 2.45) is 11.7 Å². The van der Waals surface area contributed by atoms with Gasteiger partial charge in [0.1, 0.15) is 6.61 Å². The second kappa shape index (κ2) is 6.75. The van der Waals surface area contributed by atoms with E-state index in [0.29, 0.717) is 12.5 Å². The molecule has 1 fully saturated rings. The van der Waals surface area contributed by atoms with Gasteiger partial charge in [0, 0.05) is 19.1 Å². The number of rotatable bonds is 3. The van der Waals surface area contributed by atoms with Crippen molar-refractivity contribution in [2.75, 3.05) is 19.7 Å². The smallest absolute Gasteiger partial charge is 0.410 e. The lowest BCUT2D eigenvalue weighted by Crippen LogP contribution is -2.42. The molecule has 4 nitrogen and oxygen atoms in total. The van der Waals surface area contributed by atoms with Gasteiger partial charge in [0.05, 0.1) is 0 Å². The Morgan fingerprint density at radius 1 is 1.47 bits per heavy atom. The molecule has 106 valence electrons. The van der Waals surface area contributed by atoms with E-state index < -0.39 is 0 Å². The maximum atomic E-state index is 11.9. The summed E-state index contributed by atoms with van der Waals surface area (Å²) in [4.78, 5) is 13.7. The average Bonchev–Trinajstić information content (AvgIpc) is 2.46. The van der Waals surface area contributed by atoms with Gasteiger partial charge in [0.25, 0.3) is 0 Å². The van der Waals surface area contributed by atoms with E-state index in [1.54, 1.807) is 4.90 Å². The van der Waals surface area contributed by atoms with Crippen LogP contribution in [0, 0.1) is 5.92 Å². The van der Waals surface area contributed by atoms with Crippen LogP contribution >= 0.6 is 0 Å². The predicted octanol–water partition coefficient (Wildman–Crippen LogP) is 2.46. The first-order valence-electron chi connectivity index (χ1n) is 7.19. The van der Waals surface area contributed by atoms with Crippen LogP contribution in [0.5, 0.6) is 0 Å². The van der Waals surface area contributed by atoms with Crippen molar-refractivity contribution in [3.63, 3.8) is 0 Å². The van der Waals surface area contributed by atoms with Gasteiger partial charge in [-0.15, -0.1) is 0 Å². The first-order valence-corrected chi connectivity index (χ1v) is 7.19. The van der Waals surface area contributed by atoms with Crippen molar-refractivity contribution >= 4 is 6.09 Å². The monoisotopic (exact) mass is 264 g/mol. The van der Waals surface area contributed by atoms with Crippen molar-refractivity contribution in [1.82, 2.24) is 4.90 Å². The number of carbonyl (C=O) groups excluding carboxylic acids is 1.